The molecular weight excluding hydrogens is 430 g/mol. The summed E-state index contributed by atoms with van der Waals surface area (Å²) in [4.78, 5) is 15.0. The number of morpholine rings is 1. The van der Waals surface area contributed by atoms with E-state index in [-0.39, 0.29) is 23.9 Å². The molecule has 3 rings (SSSR count). The van der Waals surface area contributed by atoms with Crippen LogP contribution in [-0.4, -0.2) is 76.6 Å². The van der Waals surface area contributed by atoms with Crippen LogP contribution < -0.4 is 10.1 Å². The number of sulfonamides is 1. The van der Waals surface area contributed by atoms with Crippen LogP contribution in [0.1, 0.15) is 12.0 Å². The molecule has 1 aliphatic heterocycles. The predicted molar refractivity (Wildman–Crippen MR) is 122 cm³/mol. The van der Waals surface area contributed by atoms with E-state index in [1.54, 1.807) is 12.1 Å². The Morgan fingerprint density at radius 1 is 1.09 bits per heavy atom. The highest BCUT2D eigenvalue weighted by atomic mass is 32.2. The Hall–Kier alpha value is -2.46. The maximum absolute atomic E-state index is 13.3. The third kappa shape index (κ3) is 7.03. The van der Waals surface area contributed by atoms with Crippen LogP contribution >= 0.6 is 0 Å². The molecule has 9 heteroatoms. The van der Waals surface area contributed by atoms with E-state index in [0.717, 1.165) is 44.8 Å². The van der Waals surface area contributed by atoms with Crippen molar-refractivity contribution in [2.24, 2.45) is 0 Å². The molecule has 8 nitrogen and oxygen atoms in total. The summed E-state index contributed by atoms with van der Waals surface area (Å²) in [6.45, 7) is 4.52. The number of methoxy groups -OCH3 is 1. The molecule has 0 unspecified atom stereocenters. The molecule has 1 fully saturated rings. The van der Waals surface area contributed by atoms with E-state index in [1.807, 2.05) is 30.3 Å². The molecule has 1 saturated heterocycles. The molecule has 0 aliphatic carbocycles. The molecule has 174 valence electrons. The smallest absolute Gasteiger partial charge is 0.243 e. The van der Waals surface area contributed by atoms with Crippen molar-refractivity contribution in [2.45, 2.75) is 17.9 Å². The molecule has 1 amide bonds. The monoisotopic (exact) mass is 461 g/mol. The second kappa shape index (κ2) is 12.0. The Morgan fingerprint density at radius 2 is 1.78 bits per heavy atom. The van der Waals surface area contributed by atoms with Crippen molar-refractivity contribution in [1.29, 1.82) is 0 Å². The van der Waals surface area contributed by atoms with E-state index < -0.39 is 10.0 Å². The largest absolute Gasteiger partial charge is 0.497 e. The normalized spacial score (nSPS) is 14.9. The van der Waals surface area contributed by atoms with E-state index in [1.165, 1.54) is 23.5 Å². The summed E-state index contributed by atoms with van der Waals surface area (Å²) < 4.78 is 38.3. The molecule has 0 bridgehead atoms. The van der Waals surface area contributed by atoms with Gasteiger partial charge in [0.15, 0.2) is 0 Å². The van der Waals surface area contributed by atoms with Gasteiger partial charge in [-0.3, -0.25) is 9.69 Å². The van der Waals surface area contributed by atoms with Gasteiger partial charge in [-0.05, 0) is 42.8 Å². The Labute approximate surface area is 190 Å². The minimum atomic E-state index is -3.87. The van der Waals surface area contributed by atoms with Crippen molar-refractivity contribution in [3.63, 3.8) is 0 Å². The molecule has 0 aromatic heterocycles. The first-order valence-corrected chi connectivity index (χ1v) is 12.2. The molecule has 0 radical (unpaired) electrons. The van der Waals surface area contributed by atoms with Crippen LogP contribution in [0.3, 0.4) is 0 Å². The van der Waals surface area contributed by atoms with E-state index in [4.69, 9.17) is 9.47 Å². The average Bonchev–Trinajstić information content (AvgIpc) is 2.83. The lowest BCUT2D eigenvalue weighted by Gasteiger charge is -2.26. The standard InChI is InChI=1S/C23H31N3O5S/c1-30-21-8-10-22(11-9-21)32(28,29)26(18-20-6-3-2-4-7-20)19-23(27)24-12-5-13-25-14-16-31-17-15-25/h2-4,6-11H,5,12-19H2,1H3,(H,24,27). The van der Waals surface area contributed by atoms with Crippen molar-refractivity contribution in [3.8, 4) is 5.75 Å². The molecule has 0 spiro atoms. The molecule has 32 heavy (non-hydrogen) atoms. The van der Waals surface area contributed by atoms with Gasteiger partial charge in [-0.15, -0.1) is 0 Å². The van der Waals surface area contributed by atoms with E-state index in [0.29, 0.717) is 12.3 Å². The van der Waals surface area contributed by atoms with Gasteiger partial charge in [0.05, 0.1) is 31.8 Å². The Morgan fingerprint density at radius 3 is 2.44 bits per heavy atom. The zero-order valence-corrected chi connectivity index (χ0v) is 19.2. The molecule has 2 aromatic carbocycles. The summed E-state index contributed by atoms with van der Waals surface area (Å²) in [5, 5.41) is 2.86. The summed E-state index contributed by atoms with van der Waals surface area (Å²) in [5.74, 6) is 0.247. The zero-order valence-electron chi connectivity index (χ0n) is 18.4. The number of amides is 1. The quantitative estimate of drug-likeness (QED) is 0.513. The zero-order chi connectivity index (χ0) is 22.8. The lowest BCUT2D eigenvalue weighted by Crippen LogP contribution is -2.41. The van der Waals surface area contributed by atoms with Crippen LogP contribution in [0.25, 0.3) is 0 Å². The fraction of sp³-hybridized carbons (Fsp3) is 0.435. The lowest BCUT2D eigenvalue weighted by atomic mass is 10.2. The van der Waals surface area contributed by atoms with Crippen LogP contribution in [0.5, 0.6) is 5.75 Å². The first-order valence-electron chi connectivity index (χ1n) is 10.7. The van der Waals surface area contributed by atoms with Crippen molar-refractivity contribution in [2.75, 3.05) is 53.0 Å². The maximum atomic E-state index is 13.3. The molecule has 2 aromatic rings. The minimum absolute atomic E-state index is 0.108. The van der Waals surface area contributed by atoms with Crippen molar-refractivity contribution in [3.05, 3.63) is 60.2 Å². The van der Waals surface area contributed by atoms with E-state index >= 15 is 0 Å². The number of carbonyl (C=O) groups is 1. The predicted octanol–water partition coefficient (Wildman–Crippen LogP) is 1.72. The fourth-order valence-corrected chi connectivity index (χ4v) is 4.87. The summed E-state index contributed by atoms with van der Waals surface area (Å²) in [6.07, 6.45) is 0.801. The van der Waals surface area contributed by atoms with Crippen LogP contribution in [0.4, 0.5) is 0 Å². The lowest BCUT2D eigenvalue weighted by molar-refractivity contribution is -0.121. The third-order valence-electron chi connectivity index (χ3n) is 5.30. The molecule has 1 aliphatic rings. The summed E-state index contributed by atoms with van der Waals surface area (Å²) in [5.41, 5.74) is 0.810. The van der Waals surface area contributed by atoms with E-state index in [2.05, 4.69) is 10.2 Å². The van der Waals surface area contributed by atoms with Crippen LogP contribution in [0, 0.1) is 0 Å². The van der Waals surface area contributed by atoms with Crippen molar-refractivity contribution >= 4 is 15.9 Å². The van der Waals surface area contributed by atoms with Gasteiger partial charge in [0.25, 0.3) is 0 Å². The van der Waals surface area contributed by atoms with Gasteiger partial charge in [-0.2, -0.15) is 4.31 Å². The van der Waals surface area contributed by atoms with Crippen LogP contribution in [0.15, 0.2) is 59.5 Å². The summed E-state index contributed by atoms with van der Waals surface area (Å²) in [6, 6.07) is 15.4. The summed E-state index contributed by atoms with van der Waals surface area (Å²) in [7, 11) is -2.35. The topological polar surface area (TPSA) is 88.2 Å². The second-order valence-corrected chi connectivity index (χ2v) is 9.53. The molecule has 1 heterocycles. The Kier molecular flexibility index (Phi) is 9.04. The number of nitrogens with one attached hydrogen (secondary N) is 1. The molecule has 0 atom stereocenters. The van der Waals surface area contributed by atoms with Gasteiger partial charge in [-0.1, -0.05) is 30.3 Å². The molecular formula is C23H31N3O5S. The van der Waals surface area contributed by atoms with Gasteiger partial charge in [0, 0.05) is 26.2 Å². The second-order valence-electron chi connectivity index (χ2n) is 7.59. The van der Waals surface area contributed by atoms with Crippen LogP contribution in [-0.2, 0) is 26.1 Å². The van der Waals surface area contributed by atoms with Gasteiger partial charge in [0.1, 0.15) is 5.75 Å². The highest BCUT2D eigenvalue weighted by Crippen LogP contribution is 2.21. The summed E-state index contributed by atoms with van der Waals surface area (Å²) >= 11 is 0. The maximum Gasteiger partial charge on any atom is 0.243 e. The number of benzene rings is 2. The van der Waals surface area contributed by atoms with Crippen molar-refractivity contribution < 1.29 is 22.7 Å². The average molecular weight is 462 g/mol. The van der Waals surface area contributed by atoms with Gasteiger partial charge >= 0.3 is 0 Å². The number of carbonyl (C=O) groups excluding carboxylic acids is 1. The number of nitrogens with zero attached hydrogens (tertiary/aromatic N) is 2. The SMILES string of the molecule is COc1ccc(S(=O)(=O)N(CC(=O)NCCCN2CCOCC2)Cc2ccccc2)cc1. The number of hydrogen-bond donors (Lipinski definition) is 1. The highest BCUT2D eigenvalue weighted by Gasteiger charge is 2.27. The number of hydrogen-bond acceptors (Lipinski definition) is 6. The van der Waals surface area contributed by atoms with Gasteiger partial charge in [-0.25, -0.2) is 8.42 Å². The van der Waals surface area contributed by atoms with Crippen molar-refractivity contribution in [1.82, 2.24) is 14.5 Å². The first-order chi connectivity index (χ1) is 15.5. The Bertz CT molecular complexity index is 945. The first kappa shape index (κ1) is 24.2. The number of ether oxygens (including phenoxy) is 2. The molecule has 0 saturated carbocycles. The Balaban J connectivity index is 1.63. The highest BCUT2D eigenvalue weighted by molar-refractivity contribution is 7.89. The third-order valence-corrected chi connectivity index (χ3v) is 7.10. The van der Waals surface area contributed by atoms with Gasteiger partial charge in [0.2, 0.25) is 15.9 Å². The minimum Gasteiger partial charge on any atom is -0.497 e. The van der Waals surface area contributed by atoms with Gasteiger partial charge < -0.3 is 14.8 Å². The van der Waals surface area contributed by atoms with E-state index in [9.17, 15) is 13.2 Å². The molecule has 1 N–H and O–H groups in total. The number of rotatable bonds is 11. The van der Waals surface area contributed by atoms with Crippen LogP contribution in [0.2, 0.25) is 0 Å². The fourth-order valence-electron chi connectivity index (χ4n) is 3.48.